The molecular weight excluding hydrogens is 320 g/mol. The van der Waals surface area contributed by atoms with Crippen LogP contribution < -0.4 is 5.73 Å². The average Bonchev–Trinajstić information content (AvgIpc) is 2.89. The Morgan fingerprint density at radius 1 is 1.25 bits per heavy atom. The van der Waals surface area contributed by atoms with Crippen molar-refractivity contribution in [1.29, 1.82) is 0 Å². The SMILES string of the molecule is Cc1cc(C)c2c(N)c(C(=O)OCCCc3ccccc3)sc2n1. The number of pyridine rings is 1. The number of benzene rings is 1. The van der Waals surface area contributed by atoms with Crippen LogP contribution in [0.3, 0.4) is 0 Å². The molecule has 2 aromatic heterocycles. The summed E-state index contributed by atoms with van der Waals surface area (Å²) in [5.41, 5.74) is 9.83. The largest absolute Gasteiger partial charge is 0.461 e. The second-order valence-electron chi connectivity index (χ2n) is 5.83. The minimum Gasteiger partial charge on any atom is -0.461 e. The molecule has 2 heterocycles. The number of thiophene rings is 1. The number of hydrogen-bond donors (Lipinski definition) is 1. The second-order valence-corrected chi connectivity index (χ2v) is 6.83. The van der Waals surface area contributed by atoms with Gasteiger partial charge in [0.2, 0.25) is 0 Å². The molecule has 0 aliphatic rings. The van der Waals surface area contributed by atoms with E-state index in [2.05, 4.69) is 17.1 Å². The lowest BCUT2D eigenvalue weighted by molar-refractivity contribution is 0.0507. The molecule has 0 bridgehead atoms. The highest BCUT2D eigenvalue weighted by atomic mass is 32.1. The van der Waals surface area contributed by atoms with Gasteiger partial charge in [-0.3, -0.25) is 0 Å². The smallest absolute Gasteiger partial charge is 0.350 e. The van der Waals surface area contributed by atoms with Crippen molar-refractivity contribution in [2.45, 2.75) is 26.7 Å². The first-order valence-electron chi connectivity index (χ1n) is 7.93. The Balaban J connectivity index is 1.66. The first-order valence-corrected chi connectivity index (χ1v) is 8.75. The number of nitrogens with two attached hydrogens (primary N) is 1. The van der Waals surface area contributed by atoms with E-state index in [1.165, 1.54) is 16.9 Å². The molecule has 3 rings (SSSR count). The van der Waals surface area contributed by atoms with Crippen molar-refractivity contribution in [3.63, 3.8) is 0 Å². The maximum Gasteiger partial charge on any atom is 0.350 e. The van der Waals surface area contributed by atoms with Crippen molar-refractivity contribution in [2.24, 2.45) is 0 Å². The summed E-state index contributed by atoms with van der Waals surface area (Å²) in [6.45, 7) is 4.30. The summed E-state index contributed by atoms with van der Waals surface area (Å²) >= 11 is 1.30. The number of carbonyl (C=O) groups is 1. The number of anilines is 1. The van der Waals surface area contributed by atoms with Crippen LogP contribution in [0.25, 0.3) is 10.2 Å². The van der Waals surface area contributed by atoms with Crippen LogP contribution in [0.5, 0.6) is 0 Å². The molecule has 4 nitrogen and oxygen atoms in total. The molecule has 0 aliphatic heterocycles. The van der Waals surface area contributed by atoms with E-state index in [1.807, 2.05) is 38.1 Å². The Bertz CT molecular complexity index is 872. The molecule has 0 fully saturated rings. The average molecular weight is 340 g/mol. The van der Waals surface area contributed by atoms with Crippen LogP contribution in [0.1, 0.15) is 32.9 Å². The summed E-state index contributed by atoms with van der Waals surface area (Å²) in [5.74, 6) is -0.361. The fourth-order valence-electron chi connectivity index (χ4n) is 2.77. The quantitative estimate of drug-likeness (QED) is 0.556. The van der Waals surface area contributed by atoms with E-state index in [1.54, 1.807) is 0 Å². The van der Waals surface area contributed by atoms with E-state index in [4.69, 9.17) is 10.5 Å². The number of carbonyl (C=O) groups excluding carboxylic acids is 1. The predicted molar refractivity (Wildman–Crippen MR) is 98.6 cm³/mol. The molecule has 0 amide bonds. The van der Waals surface area contributed by atoms with Gasteiger partial charge in [-0.05, 0) is 43.9 Å². The Morgan fingerprint density at radius 3 is 2.75 bits per heavy atom. The zero-order chi connectivity index (χ0) is 17.1. The number of nitrogen functional groups attached to an aromatic ring is 1. The van der Waals surface area contributed by atoms with Crippen LogP contribution in [0, 0.1) is 13.8 Å². The number of fused-ring (bicyclic) bond motifs is 1. The van der Waals surface area contributed by atoms with Gasteiger partial charge in [0, 0.05) is 11.1 Å². The molecule has 5 heteroatoms. The third-order valence-electron chi connectivity index (χ3n) is 3.90. The number of nitrogens with zero attached hydrogens (tertiary/aromatic N) is 1. The highest BCUT2D eigenvalue weighted by molar-refractivity contribution is 7.21. The van der Waals surface area contributed by atoms with Gasteiger partial charge in [0.25, 0.3) is 0 Å². The molecule has 2 N–H and O–H groups in total. The number of rotatable bonds is 5. The molecule has 0 unspecified atom stereocenters. The fourth-order valence-corrected chi connectivity index (χ4v) is 3.88. The van der Waals surface area contributed by atoms with Crippen LogP contribution in [0.15, 0.2) is 36.4 Å². The van der Waals surface area contributed by atoms with E-state index in [-0.39, 0.29) is 5.97 Å². The third-order valence-corrected chi connectivity index (χ3v) is 4.97. The Kier molecular flexibility index (Phi) is 4.81. The second kappa shape index (κ2) is 7.01. The molecule has 1 aromatic carbocycles. The third kappa shape index (κ3) is 3.41. The van der Waals surface area contributed by atoms with Gasteiger partial charge < -0.3 is 10.5 Å². The normalized spacial score (nSPS) is 10.9. The zero-order valence-electron chi connectivity index (χ0n) is 13.8. The van der Waals surface area contributed by atoms with Crippen molar-refractivity contribution in [3.05, 3.63) is 58.1 Å². The number of esters is 1. The fraction of sp³-hybridized carbons (Fsp3) is 0.263. The number of hydrogen-bond acceptors (Lipinski definition) is 5. The Labute approximate surface area is 145 Å². The molecule has 0 aliphatic carbocycles. The topological polar surface area (TPSA) is 65.2 Å². The maximum atomic E-state index is 12.3. The lowest BCUT2D eigenvalue weighted by Crippen LogP contribution is -2.07. The van der Waals surface area contributed by atoms with E-state index in [0.29, 0.717) is 17.2 Å². The monoisotopic (exact) mass is 340 g/mol. The summed E-state index contributed by atoms with van der Waals surface area (Å²) in [6, 6.07) is 12.1. The van der Waals surface area contributed by atoms with E-state index in [9.17, 15) is 4.79 Å². The summed E-state index contributed by atoms with van der Waals surface area (Å²) < 4.78 is 5.39. The summed E-state index contributed by atoms with van der Waals surface area (Å²) in [5, 5.41) is 0.863. The van der Waals surface area contributed by atoms with Gasteiger partial charge in [-0.1, -0.05) is 30.3 Å². The van der Waals surface area contributed by atoms with Crippen molar-refractivity contribution in [2.75, 3.05) is 12.3 Å². The first-order chi connectivity index (χ1) is 11.6. The zero-order valence-corrected chi connectivity index (χ0v) is 14.7. The first kappa shape index (κ1) is 16.5. The van der Waals surface area contributed by atoms with Crippen LogP contribution in [-0.2, 0) is 11.2 Å². The van der Waals surface area contributed by atoms with Crippen molar-refractivity contribution < 1.29 is 9.53 Å². The summed E-state index contributed by atoms with van der Waals surface area (Å²) in [7, 11) is 0. The highest BCUT2D eigenvalue weighted by Gasteiger charge is 2.20. The molecular formula is C19H20N2O2S. The number of aryl methyl sites for hydroxylation is 3. The van der Waals surface area contributed by atoms with Gasteiger partial charge in [-0.25, -0.2) is 9.78 Å². The number of ether oxygens (including phenoxy) is 1. The Morgan fingerprint density at radius 2 is 2.00 bits per heavy atom. The van der Waals surface area contributed by atoms with Gasteiger partial charge >= 0.3 is 5.97 Å². The van der Waals surface area contributed by atoms with Gasteiger partial charge in [-0.2, -0.15) is 0 Å². The summed E-state index contributed by atoms with van der Waals surface area (Å²) in [6.07, 6.45) is 1.67. The van der Waals surface area contributed by atoms with Crippen LogP contribution in [-0.4, -0.2) is 17.6 Å². The van der Waals surface area contributed by atoms with Gasteiger partial charge in [0.15, 0.2) is 0 Å². The molecule has 3 aromatic rings. The van der Waals surface area contributed by atoms with Crippen molar-refractivity contribution >= 4 is 33.2 Å². The standard InChI is InChI=1S/C19H20N2O2S/c1-12-11-13(2)21-18-15(12)16(20)17(24-18)19(22)23-10-6-9-14-7-4-3-5-8-14/h3-5,7-8,11H,6,9-10,20H2,1-2H3. The van der Waals surface area contributed by atoms with Gasteiger partial charge in [0.1, 0.15) is 9.71 Å². The van der Waals surface area contributed by atoms with Crippen LogP contribution in [0.4, 0.5) is 5.69 Å². The molecule has 124 valence electrons. The van der Waals surface area contributed by atoms with E-state index in [0.717, 1.165) is 34.3 Å². The minimum absolute atomic E-state index is 0.361. The molecule has 24 heavy (non-hydrogen) atoms. The van der Waals surface area contributed by atoms with Crippen LogP contribution in [0.2, 0.25) is 0 Å². The maximum absolute atomic E-state index is 12.3. The molecule has 0 atom stereocenters. The lowest BCUT2D eigenvalue weighted by atomic mass is 10.1. The van der Waals surface area contributed by atoms with Crippen molar-refractivity contribution in [1.82, 2.24) is 4.98 Å². The van der Waals surface area contributed by atoms with Gasteiger partial charge in [0.05, 0.1) is 12.3 Å². The van der Waals surface area contributed by atoms with Gasteiger partial charge in [-0.15, -0.1) is 11.3 Å². The molecule has 0 saturated carbocycles. The van der Waals surface area contributed by atoms with E-state index < -0.39 is 0 Å². The summed E-state index contributed by atoms with van der Waals surface area (Å²) in [4.78, 5) is 18.0. The van der Waals surface area contributed by atoms with Crippen molar-refractivity contribution in [3.8, 4) is 0 Å². The lowest BCUT2D eigenvalue weighted by Gasteiger charge is -2.04. The van der Waals surface area contributed by atoms with E-state index >= 15 is 0 Å². The molecule has 0 spiro atoms. The number of aromatic nitrogens is 1. The van der Waals surface area contributed by atoms with Crippen LogP contribution >= 0.6 is 11.3 Å². The molecule has 0 saturated heterocycles. The molecule has 0 radical (unpaired) electrons. The minimum atomic E-state index is -0.361. The highest BCUT2D eigenvalue weighted by Crippen LogP contribution is 2.35. The Hall–Kier alpha value is -2.40. The predicted octanol–water partition coefficient (Wildman–Crippen LogP) is 4.28.